The smallest absolute Gasteiger partial charge is 0.139 e. The molecular weight excluding hydrogens is 224 g/mol. The van der Waals surface area contributed by atoms with E-state index in [9.17, 15) is 0 Å². The van der Waals surface area contributed by atoms with E-state index >= 15 is 0 Å². The molecule has 16 heavy (non-hydrogen) atoms. The van der Waals surface area contributed by atoms with Crippen molar-refractivity contribution < 1.29 is 4.42 Å². The number of furan rings is 1. The second kappa shape index (κ2) is 3.67. The van der Waals surface area contributed by atoms with E-state index in [0.717, 1.165) is 29.6 Å². The van der Waals surface area contributed by atoms with Gasteiger partial charge in [0.2, 0.25) is 0 Å². The van der Waals surface area contributed by atoms with E-state index in [-0.39, 0.29) is 5.54 Å². The fourth-order valence-corrected chi connectivity index (χ4v) is 2.48. The van der Waals surface area contributed by atoms with Crippen molar-refractivity contribution in [3.8, 4) is 0 Å². The Morgan fingerprint density at radius 2 is 2.31 bits per heavy atom. The minimum atomic E-state index is 0.0418. The van der Waals surface area contributed by atoms with E-state index in [4.69, 9.17) is 16.0 Å². The van der Waals surface area contributed by atoms with Gasteiger partial charge in [0, 0.05) is 12.1 Å². The maximum absolute atomic E-state index is 6.02. The van der Waals surface area contributed by atoms with Gasteiger partial charge in [-0.15, -0.1) is 11.6 Å². The van der Waals surface area contributed by atoms with Crippen molar-refractivity contribution >= 4 is 28.4 Å². The molecule has 3 nitrogen and oxygen atoms in total. The van der Waals surface area contributed by atoms with Crippen LogP contribution in [0.15, 0.2) is 29.0 Å². The van der Waals surface area contributed by atoms with Crippen LogP contribution in [0.5, 0.6) is 0 Å². The van der Waals surface area contributed by atoms with E-state index < -0.39 is 0 Å². The zero-order valence-electron chi connectivity index (χ0n) is 8.87. The summed E-state index contributed by atoms with van der Waals surface area (Å²) in [5.41, 5.74) is 0.904. The highest BCUT2D eigenvalue weighted by atomic mass is 35.5. The number of nitrogens with one attached hydrogen (secondary N) is 1. The average Bonchev–Trinajstić information content (AvgIpc) is 2.72. The fraction of sp³-hybridized carbons (Fsp3) is 0.417. The molecule has 2 heterocycles. The van der Waals surface area contributed by atoms with Crippen LogP contribution < -0.4 is 5.32 Å². The summed E-state index contributed by atoms with van der Waals surface area (Å²) >= 11 is 6.02. The number of rotatable bonds is 3. The van der Waals surface area contributed by atoms with Gasteiger partial charge in [-0.25, -0.2) is 4.98 Å². The second-order valence-electron chi connectivity index (χ2n) is 4.38. The molecule has 0 aliphatic heterocycles. The Labute approximate surface area is 98.8 Å². The van der Waals surface area contributed by atoms with Crippen LogP contribution in [0.1, 0.15) is 19.3 Å². The zero-order chi connectivity index (χ0) is 11.0. The predicted molar refractivity (Wildman–Crippen MR) is 64.9 cm³/mol. The van der Waals surface area contributed by atoms with E-state index in [1.54, 1.807) is 12.5 Å². The Morgan fingerprint density at radius 3 is 3.00 bits per heavy atom. The molecule has 0 atom stereocenters. The number of halogens is 1. The van der Waals surface area contributed by atoms with E-state index in [2.05, 4.69) is 10.3 Å². The molecule has 0 aromatic carbocycles. The minimum Gasteiger partial charge on any atom is -0.464 e. The molecule has 0 radical (unpaired) electrons. The number of alkyl halides is 1. The highest BCUT2D eigenvalue weighted by molar-refractivity contribution is 6.19. The molecule has 0 saturated heterocycles. The number of pyridine rings is 1. The maximum atomic E-state index is 6.02. The van der Waals surface area contributed by atoms with E-state index in [1.165, 1.54) is 6.42 Å². The Balaban J connectivity index is 1.96. The summed E-state index contributed by atoms with van der Waals surface area (Å²) in [5, 5.41) is 4.49. The number of nitrogens with zero attached hydrogens (tertiary/aromatic N) is 1. The molecule has 1 aliphatic carbocycles. The third-order valence-corrected chi connectivity index (χ3v) is 3.84. The summed E-state index contributed by atoms with van der Waals surface area (Å²) in [4.78, 5) is 4.36. The first-order chi connectivity index (χ1) is 7.83. The Hall–Kier alpha value is -1.22. The first-order valence-corrected chi connectivity index (χ1v) is 6.03. The molecule has 2 aromatic heterocycles. The fourth-order valence-electron chi connectivity index (χ4n) is 2.14. The first kappa shape index (κ1) is 9.97. The lowest BCUT2D eigenvalue weighted by atomic mass is 9.78. The van der Waals surface area contributed by atoms with Crippen molar-refractivity contribution in [3.63, 3.8) is 0 Å². The summed E-state index contributed by atoms with van der Waals surface area (Å²) in [7, 11) is 0. The Kier molecular flexibility index (Phi) is 2.28. The van der Waals surface area contributed by atoms with Crippen LogP contribution >= 0.6 is 11.6 Å². The van der Waals surface area contributed by atoms with Gasteiger partial charge in [-0.1, -0.05) is 0 Å². The zero-order valence-corrected chi connectivity index (χ0v) is 9.63. The molecule has 0 amide bonds. The van der Waals surface area contributed by atoms with Gasteiger partial charge in [0.15, 0.2) is 0 Å². The number of aromatic nitrogens is 1. The summed E-state index contributed by atoms with van der Waals surface area (Å²) in [5.74, 6) is 1.51. The third kappa shape index (κ3) is 1.47. The summed E-state index contributed by atoms with van der Waals surface area (Å²) in [6, 6.07) is 3.81. The van der Waals surface area contributed by atoms with Gasteiger partial charge >= 0.3 is 0 Å². The van der Waals surface area contributed by atoms with Crippen molar-refractivity contribution in [1.82, 2.24) is 4.98 Å². The SMILES string of the molecule is ClCC1(Nc2nccc3occc23)CCC1. The second-order valence-corrected chi connectivity index (χ2v) is 4.65. The molecule has 2 aromatic rings. The van der Waals surface area contributed by atoms with Crippen molar-refractivity contribution in [3.05, 3.63) is 24.6 Å². The number of fused-ring (bicyclic) bond motifs is 1. The van der Waals surface area contributed by atoms with Crippen molar-refractivity contribution in [1.29, 1.82) is 0 Å². The highest BCUT2D eigenvalue weighted by Crippen LogP contribution is 2.37. The molecule has 84 valence electrons. The van der Waals surface area contributed by atoms with Crippen molar-refractivity contribution in [2.45, 2.75) is 24.8 Å². The molecule has 0 unspecified atom stereocenters. The molecule has 3 rings (SSSR count). The molecule has 1 fully saturated rings. The van der Waals surface area contributed by atoms with Gasteiger partial charge in [0.1, 0.15) is 11.4 Å². The van der Waals surface area contributed by atoms with E-state index in [0.29, 0.717) is 5.88 Å². The predicted octanol–water partition coefficient (Wildman–Crippen LogP) is 3.40. The molecule has 1 aliphatic rings. The highest BCUT2D eigenvalue weighted by Gasteiger charge is 2.36. The third-order valence-electron chi connectivity index (χ3n) is 3.33. The van der Waals surface area contributed by atoms with Crippen LogP contribution in [-0.4, -0.2) is 16.4 Å². The van der Waals surface area contributed by atoms with Crippen LogP contribution in [0.2, 0.25) is 0 Å². The van der Waals surface area contributed by atoms with Crippen molar-refractivity contribution in [2.75, 3.05) is 11.2 Å². The Bertz CT molecular complexity index is 499. The summed E-state index contributed by atoms with van der Waals surface area (Å²) in [6.45, 7) is 0. The topological polar surface area (TPSA) is 38.1 Å². The number of anilines is 1. The first-order valence-electron chi connectivity index (χ1n) is 5.49. The number of hydrogen-bond donors (Lipinski definition) is 1. The normalized spacial score (nSPS) is 18.3. The van der Waals surface area contributed by atoms with Crippen molar-refractivity contribution in [2.24, 2.45) is 0 Å². The molecular formula is C12H13ClN2O. The molecule has 0 spiro atoms. The van der Waals surface area contributed by atoms with Gasteiger partial charge in [-0.3, -0.25) is 0 Å². The Morgan fingerprint density at radius 1 is 1.44 bits per heavy atom. The standard InChI is InChI=1S/C12H13ClN2O/c13-8-12(4-1-5-12)15-11-9-3-7-16-10(9)2-6-14-11/h2-3,6-7H,1,4-5,8H2,(H,14,15). The summed E-state index contributed by atoms with van der Waals surface area (Å²) < 4.78 is 5.35. The molecule has 4 heteroatoms. The van der Waals surface area contributed by atoms with Crippen LogP contribution in [-0.2, 0) is 0 Å². The lowest BCUT2D eigenvalue weighted by Gasteiger charge is -2.41. The molecule has 1 N–H and O–H groups in total. The van der Waals surface area contributed by atoms with Crippen LogP contribution in [0.25, 0.3) is 11.0 Å². The lowest BCUT2D eigenvalue weighted by molar-refractivity contribution is 0.310. The van der Waals surface area contributed by atoms with E-state index in [1.807, 2.05) is 12.1 Å². The van der Waals surface area contributed by atoms with Gasteiger partial charge in [-0.05, 0) is 31.4 Å². The van der Waals surface area contributed by atoms with Gasteiger partial charge < -0.3 is 9.73 Å². The van der Waals surface area contributed by atoms with Gasteiger partial charge in [0.25, 0.3) is 0 Å². The van der Waals surface area contributed by atoms with Gasteiger partial charge in [0.05, 0.1) is 17.2 Å². The van der Waals surface area contributed by atoms with Crippen LogP contribution in [0.3, 0.4) is 0 Å². The van der Waals surface area contributed by atoms with Crippen LogP contribution in [0, 0.1) is 0 Å². The van der Waals surface area contributed by atoms with Gasteiger partial charge in [-0.2, -0.15) is 0 Å². The monoisotopic (exact) mass is 236 g/mol. The summed E-state index contributed by atoms with van der Waals surface area (Å²) in [6.07, 6.45) is 6.92. The quantitative estimate of drug-likeness (QED) is 0.830. The van der Waals surface area contributed by atoms with Crippen LogP contribution in [0.4, 0.5) is 5.82 Å². The lowest BCUT2D eigenvalue weighted by Crippen LogP contribution is -2.47. The maximum Gasteiger partial charge on any atom is 0.139 e. The largest absolute Gasteiger partial charge is 0.464 e. The average molecular weight is 237 g/mol. The minimum absolute atomic E-state index is 0.0418. The number of hydrogen-bond acceptors (Lipinski definition) is 3. The molecule has 1 saturated carbocycles. The molecule has 0 bridgehead atoms.